The summed E-state index contributed by atoms with van der Waals surface area (Å²) in [6.07, 6.45) is 6.02. The van der Waals surface area contributed by atoms with Gasteiger partial charge in [-0.25, -0.2) is 4.98 Å². The number of ether oxygens (including phenoxy) is 1. The largest absolute Gasteiger partial charge is 0.497 e. The summed E-state index contributed by atoms with van der Waals surface area (Å²) in [5, 5.41) is 3.52. The average molecular weight is 257 g/mol. The van der Waals surface area contributed by atoms with Gasteiger partial charge in [-0.05, 0) is 36.5 Å². The monoisotopic (exact) mass is 257 g/mol. The molecule has 0 atom stereocenters. The molecule has 3 rings (SSSR count). The van der Waals surface area contributed by atoms with Gasteiger partial charge in [-0.15, -0.1) is 0 Å². The molecule has 1 aliphatic carbocycles. The molecular weight excluding hydrogens is 238 g/mol. The van der Waals surface area contributed by atoms with Crippen LogP contribution in [-0.2, 0) is 6.54 Å². The van der Waals surface area contributed by atoms with E-state index >= 15 is 0 Å². The highest BCUT2D eigenvalue weighted by Crippen LogP contribution is 2.37. The second kappa shape index (κ2) is 5.45. The molecule has 0 bridgehead atoms. The number of benzene rings is 1. The van der Waals surface area contributed by atoms with Gasteiger partial charge in [0, 0.05) is 18.4 Å². The van der Waals surface area contributed by atoms with Crippen LogP contribution in [0.1, 0.15) is 30.1 Å². The summed E-state index contributed by atoms with van der Waals surface area (Å²) in [4.78, 5) is 7.32. The summed E-state index contributed by atoms with van der Waals surface area (Å²) in [6, 6.07) is 9.00. The first kappa shape index (κ1) is 12.2. The number of imidazole rings is 1. The van der Waals surface area contributed by atoms with Crippen LogP contribution in [0.5, 0.6) is 5.75 Å². The van der Waals surface area contributed by atoms with Gasteiger partial charge in [-0.3, -0.25) is 0 Å². The van der Waals surface area contributed by atoms with E-state index in [9.17, 15) is 0 Å². The molecule has 19 heavy (non-hydrogen) atoms. The highest BCUT2D eigenvalue weighted by molar-refractivity contribution is 5.32. The number of aromatic nitrogens is 2. The van der Waals surface area contributed by atoms with Crippen molar-refractivity contribution in [2.75, 3.05) is 7.11 Å². The third-order valence-electron chi connectivity index (χ3n) is 3.82. The number of hydrogen-bond donors (Lipinski definition) is 2. The zero-order valence-electron chi connectivity index (χ0n) is 11.1. The van der Waals surface area contributed by atoms with Crippen LogP contribution in [0.3, 0.4) is 0 Å². The fourth-order valence-electron chi connectivity index (χ4n) is 2.59. The summed E-state index contributed by atoms with van der Waals surface area (Å²) >= 11 is 0. The van der Waals surface area contributed by atoms with Crippen molar-refractivity contribution in [1.29, 1.82) is 0 Å². The van der Waals surface area contributed by atoms with E-state index in [2.05, 4.69) is 33.5 Å². The first-order valence-electron chi connectivity index (χ1n) is 6.71. The Morgan fingerprint density at radius 3 is 3.05 bits per heavy atom. The van der Waals surface area contributed by atoms with Crippen LogP contribution in [-0.4, -0.2) is 23.1 Å². The number of aromatic amines is 1. The van der Waals surface area contributed by atoms with Gasteiger partial charge in [0.15, 0.2) is 0 Å². The van der Waals surface area contributed by atoms with Crippen molar-refractivity contribution >= 4 is 0 Å². The maximum atomic E-state index is 5.27. The third-order valence-corrected chi connectivity index (χ3v) is 3.82. The molecular formula is C15H19N3O. The molecule has 0 saturated heterocycles. The van der Waals surface area contributed by atoms with E-state index in [-0.39, 0.29) is 0 Å². The van der Waals surface area contributed by atoms with Gasteiger partial charge in [0.05, 0.1) is 13.7 Å². The lowest BCUT2D eigenvalue weighted by Crippen LogP contribution is -2.39. The van der Waals surface area contributed by atoms with E-state index in [1.54, 1.807) is 13.3 Å². The Labute approximate surface area is 113 Å². The lowest BCUT2D eigenvalue weighted by molar-refractivity contribution is 0.287. The maximum Gasteiger partial charge on any atom is 0.120 e. The number of rotatable bonds is 5. The van der Waals surface area contributed by atoms with E-state index in [1.807, 2.05) is 12.3 Å². The van der Waals surface area contributed by atoms with Crippen LogP contribution < -0.4 is 10.1 Å². The van der Waals surface area contributed by atoms with E-state index in [0.717, 1.165) is 18.1 Å². The molecule has 2 aromatic rings. The number of H-pyrrole nitrogens is 1. The summed E-state index contributed by atoms with van der Waals surface area (Å²) in [6.45, 7) is 0.822. The van der Waals surface area contributed by atoms with Crippen LogP contribution in [0.2, 0.25) is 0 Å². The quantitative estimate of drug-likeness (QED) is 0.865. The topological polar surface area (TPSA) is 49.9 Å². The fourth-order valence-corrected chi connectivity index (χ4v) is 2.59. The molecule has 0 unspecified atom stereocenters. The van der Waals surface area contributed by atoms with Gasteiger partial charge >= 0.3 is 0 Å². The van der Waals surface area contributed by atoms with E-state index in [4.69, 9.17) is 4.74 Å². The van der Waals surface area contributed by atoms with Gasteiger partial charge in [-0.2, -0.15) is 0 Å². The standard InChI is InChI=1S/C15H19N3O/c1-19-14-4-2-3-11(9-14)12-7-13(8-12)18-10-15-16-5-6-17-15/h2-6,9,12-13,18H,7-8,10H2,1H3,(H,16,17). The minimum Gasteiger partial charge on any atom is -0.497 e. The molecule has 1 aromatic carbocycles. The molecule has 1 heterocycles. The van der Waals surface area contributed by atoms with Gasteiger partial charge in [0.25, 0.3) is 0 Å². The normalized spacial score (nSPS) is 21.9. The Morgan fingerprint density at radius 1 is 1.42 bits per heavy atom. The van der Waals surface area contributed by atoms with Crippen molar-refractivity contribution in [3.05, 3.63) is 48.0 Å². The predicted octanol–water partition coefficient (Wildman–Crippen LogP) is 2.45. The van der Waals surface area contributed by atoms with Crippen LogP contribution in [0.25, 0.3) is 0 Å². The minimum absolute atomic E-state index is 0.598. The molecule has 0 amide bonds. The Morgan fingerprint density at radius 2 is 2.32 bits per heavy atom. The number of methoxy groups -OCH3 is 1. The smallest absolute Gasteiger partial charge is 0.120 e. The van der Waals surface area contributed by atoms with Gasteiger partial charge in [-0.1, -0.05) is 12.1 Å². The van der Waals surface area contributed by atoms with Gasteiger partial charge < -0.3 is 15.0 Å². The van der Waals surface area contributed by atoms with E-state index < -0.39 is 0 Å². The zero-order valence-corrected chi connectivity index (χ0v) is 11.1. The van der Waals surface area contributed by atoms with Crippen LogP contribution in [0.15, 0.2) is 36.7 Å². The number of hydrogen-bond acceptors (Lipinski definition) is 3. The second-order valence-corrected chi connectivity index (χ2v) is 5.06. The van der Waals surface area contributed by atoms with E-state index in [0.29, 0.717) is 12.0 Å². The van der Waals surface area contributed by atoms with Crippen LogP contribution >= 0.6 is 0 Å². The summed E-state index contributed by atoms with van der Waals surface area (Å²) < 4.78 is 5.27. The predicted molar refractivity (Wildman–Crippen MR) is 74.2 cm³/mol. The second-order valence-electron chi connectivity index (χ2n) is 5.06. The third kappa shape index (κ3) is 2.79. The molecule has 1 aliphatic rings. The number of nitrogens with one attached hydrogen (secondary N) is 2. The first-order chi connectivity index (χ1) is 9.35. The van der Waals surface area contributed by atoms with Crippen molar-refractivity contribution < 1.29 is 4.74 Å². The van der Waals surface area contributed by atoms with Gasteiger partial charge in [0.2, 0.25) is 0 Å². The highest BCUT2D eigenvalue weighted by atomic mass is 16.5. The molecule has 4 heteroatoms. The molecule has 100 valence electrons. The molecule has 0 spiro atoms. The molecule has 0 aliphatic heterocycles. The lowest BCUT2D eigenvalue weighted by atomic mass is 9.76. The Kier molecular flexibility index (Phi) is 3.51. The summed E-state index contributed by atoms with van der Waals surface area (Å²) in [5.74, 6) is 2.61. The van der Waals surface area contributed by atoms with Crippen molar-refractivity contribution in [3.63, 3.8) is 0 Å². The molecule has 0 radical (unpaired) electrons. The molecule has 2 N–H and O–H groups in total. The molecule has 1 fully saturated rings. The summed E-state index contributed by atoms with van der Waals surface area (Å²) in [5.41, 5.74) is 1.38. The minimum atomic E-state index is 0.598. The van der Waals surface area contributed by atoms with Crippen molar-refractivity contribution in [1.82, 2.24) is 15.3 Å². The highest BCUT2D eigenvalue weighted by Gasteiger charge is 2.30. The summed E-state index contributed by atoms with van der Waals surface area (Å²) in [7, 11) is 1.72. The fraction of sp³-hybridized carbons (Fsp3) is 0.400. The van der Waals surface area contributed by atoms with Gasteiger partial charge in [0.1, 0.15) is 11.6 Å². The first-order valence-corrected chi connectivity index (χ1v) is 6.71. The lowest BCUT2D eigenvalue weighted by Gasteiger charge is -2.36. The SMILES string of the molecule is COc1cccc(C2CC(NCc3ncc[nH]3)C2)c1. The van der Waals surface area contributed by atoms with Crippen molar-refractivity contribution in [3.8, 4) is 5.75 Å². The Balaban J connectivity index is 1.49. The number of nitrogens with zero attached hydrogens (tertiary/aromatic N) is 1. The molecule has 1 aromatic heterocycles. The van der Waals surface area contributed by atoms with Crippen molar-refractivity contribution in [2.45, 2.75) is 31.3 Å². The van der Waals surface area contributed by atoms with Crippen LogP contribution in [0, 0.1) is 0 Å². The average Bonchev–Trinajstić information content (AvgIpc) is 2.90. The Bertz CT molecular complexity index is 518. The molecule has 4 nitrogen and oxygen atoms in total. The van der Waals surface area contributed by atoms with Crippen molar-refractivity contribution in [2.24, 2.45) is 0 Å². The zero-order chi connectivity index (χ0) is 13.1. The molecule has 1 saturated carbocycles. The Hall–Kier alpha value is -1.81. The van der Waals surface area contributed by atoms with E-state index in [1.165, 1.54) is 18.4 Å². The maximum absolute atomic E-state index is 5.27. The van der Waals surface area contributed by atoms with Crippen LogP contribution in [0.4, 0.5) is 0 Å².